The van der Waals surface area contributed by atoms with E-state index in [1.807, 2.05) is 20.8 Å². The first-order chi connectivity index (χ1) is 4.63. The van der Waals surface area contributed by atoms with Gasteiger partial charge in [-0.1, -0.05) is 6.58 Å². The minimum atomic E-state index is 0. The fourth-order valence-corrected chi connectivity index (χ4v) is 0.559. The molecule has 10 heavy (non-hydrogen) atoms. The van der Waals surface area contributed by atoms with Crippen LogP contribution in [0.5, 0.6) is 0 Å². The van der Waals surface area contributed by atoms with Crippen molar-refractivity contribution in [3.8, 4) is 0 Å². The molecule has 0 aromatic heterocycles. The Morgan fingerprint density at radius 3 is 2.70 bits per heavy atom. The van der Waals surface area contributed by atoms with Crippen molar-refractivity contribution in [2.24, 2.45) is 0 Å². The molecule has 0 radical (unpaired) electrons. The number of hydrogen-bond donors (Lipinski definition) is 1. The van der Waals surface area contributed by atoms with Crippen molar-refractivity contribution >= 4 is 0 Å². The van der Waals surface area contributed by atoms with Crippen LogP contribution in [-0.4, -0.2) is 19.3 Å². The molecule has 0 saturated heterocycles. The molecule has 0 aromatic rings. The van der Waals surface area contributed by atoms with E-state index >= 15 is 0 Å². The van der Waals surface area contributed by atoms with Crippen molar-refractivity contribution in [3.63, 3.8) is 0 Å². The van der Waals surface area contributed by atoms with Crippen LogP contribution in [0.3, 0.4) is 0 Å². The smallest absolute Gasteiger partial charge is 0.0642 e. The van der Waals surface area contributed by atoms with E-state index in [-0.39, 0.29) is 1.43 Å². The first-order valence-corrected chi connectivity index (χ1v) is 3.64. The third kappa shape index (κ3) is 7.50. The molecule has 0 bridgehead atoms. The highest BCUT2D eigenvalue weighted by molar-refractivity contribution is 4.83. The van der Waals surface area contributed by atoms with Crippen LogP contribution in [0.4, 0.5) is 0 Å². The van der Waals surface area contributed by atoms with Gasteiger partial charge >= 0.3 is 0 Å². The number of ether oxygens (including phenoxy) is 1. The average Bonchev–Trinajstić information content (AvgIpc) is 1.79. The lowest BCUT2D eigenvalue weighted by Gasteiger charge is -2.08. The van der Waals surface area contributed by atoms with Crippen LogP contribution in [0.2, 0.25) is 0 Å². The van der Waals surface area contributed by atoms with E-state index in [0.717, 1.165) is 18.8 Å². The van der Waals surface area contributed by atoms with Crippen LogP contribution in [0, 0.1) is 0 Å². The maximum absolute atomic E-state index is 5.29. The highest BCUT2D eigenvalue weighted by atomic mass is 16.5. The molecule has 0 aliphatic heterocycles. The normalized spacial score (nSPS) is 10.0. The van der Waals surface area contributed by atoms with Crippen LogP contribution in [-0.2, 0) is 4.74 Å². The fraction of sp³-hybridized carbons (Fsp3) is 0.750. The van der Waals surface area contributed by atoms with E-state index < -0.39 is 0 Å². The van der Waals surface area contributed by atoms with Crippen LogP contribution >= 0.6 is 0 Å². The van der Waals surface area contributed by atoms with Gasteiger partial charge in [-0.3, -0.25) is 0 Å². The quantitative estimate of drug-likeness (QED) is 0.595. The summed E-state index contributed by atoms with van der Waals surface area (Å²) in [5.74, 6) is 0. The summed E-state index contributed by atoms with van der Waals surface area (Å²) in [5.41, 5.74) is 0.993. The lowest BCUT2D eigenvalue weighted by Crippen LogP contribution is -2.19. The number of hydrogen-bond acceptors (Lipinski definition) is 2. The van der Waals surface area contributed by atoms with Gasteiger partial charge in [0.1, 0.15) is 0 Å². The van der Waals surface area contributed by atoms with Crippen molar-refractivity contribution in [2.45, 2.75) is 26.9 Å². The minimum Gasteiger partial charge on any atom is -0.387 e. The maximum atomic E-state index is 5.29. The Morgan fingerprint density at radius 1 is 1.70 bits per heavy atom. The van der Waals surface area contributed by atoms with E-state index in [9.17, 15) is 0 Å². The topological polar surface area (TPSA) is 21.3 Å². The molecule has 0 rings (SSSR count). The van der Waals surface area contributed by atoms with Gasteiger partial charge in [0.25, 0.3) is 0 Å². The maximum Gasteiger partial charge on any atom is 0.0642 e. The van der Waals surface area contributed by atoms with Crippen molar-refractivity contribution in [1.29, 1.82) is 0 Å². The molecule has 0 atom stereocenters. The van der Waals surface area contributed by atoms with Gasteiger partial charge in [0.15, 0.2) is 0 Å². The zero-order valence-corrected chi connectivity index (χ0v) is 7.11. The Hall–Kier alpha value is -0.500. The number of allylic oxidation sites excluding steroid dienone is 1. The Labute approximate surface area is 64.8 Å². The Morgan fingerprint density at radius 2 is 2.30 bits per heavy atom. The molecule has 2 heteroatoms. The molecule has 0 aliphatic carbocycles. The van der Waals surface area contributed by atoms with Crippen molar-refractivity contribution in [1.82, 2.24) is 5.32 Å². The summed E-state index contributed by atoms with van der Waals surface area (Å²) in [5, 5.41) is 3.08. The van der Waals surface area contributed by atoms with Crippen LogP contribution in [0.1, 0.15) is 22.2 Å². The van der Waals surface area contributed by atoms with Gasteiger partial charge in [0.05, 0.1) is 12.7 Å². The monoisotopic (exact) mass is 145 g/mol. The van der Waals surface area contributed by atoms with E-state index in [2.05, 4.69) is 11.9 Å². The Balaban J connectivity index is 0. The second-order valence-corrected chi connectivity index (χ2v) is 2.63. The van der Waals surface area contributed by atoms with Crippen molar-refractivity contribution in [3.05, 3.63) is 12.3 Å². The highest BCUT2D eigenvalue weighted by Crippen LogP contribution is 1.85. The van der Waals surface area contributed by atoms with E-state index in [4.69, 9.17) is 4.74 Å². The zero-order valence-electron chi connectivity index (χ0n) is 7.11. The Kier molecular flexibility index (Phi) is 5.03. The molecular weight excluding hydrogens is 126 g/mol. The summed E-state index contributed by atoms with van der Waals surface area (Å²) in [6.07, 6.45) is 0.326. The third-order valence-electron chi connectivity index (χ3n) is 0.980. The van der Waals surface area contributed by atoms with Gasteiger partial charge in [-0.05, 0) is 20.8 Å². The Bertz CT molecular complexity index is 104. The van der Waals surface area contributed by atoms with Crippen molar-refractivity contribution < 1.29 is 6.16 Å². The molecule has 0 spiro atoms. The molecule has 2 nitrogen and oxygen atoms in total. The first-order valence-electron chi connectivity index (χ1n) is 3.64. The first kappa shape index (κ1) is 9.50. The molecule has 0 amide bonds. The minimum absolute atomic E-state index is 0. The lowest BCUT2D eigenvalue weighted by atomic mass is 10.5. The number of nitrogens with one attached hydrogen (secondary N) is 1. The van der Waals surface area contributed by atoms with E-state index in [1.54, 1.807) is 0 Å². The predicted octanol–water partition coefficient (Wildman–Crippen LogP) is 1.78. The third-order valence-corrected chi connectivity index (χ3v) is 0.980. The van der Waals surface area contributed by atoms with Gasteiger partial charge in [0.2, 0.25) is 0 Å². The van der Waals surface area contributed by atoms with Crippen LogP contribution < -0.4 is 5.32 Å². The largest absolute Gasteiger partial charge is 0.387 e. The van der Waals surface area contributed by atoms with E-state index in [1.165, 1.54) is 0 Å². The fourth-order valence-electron chi connectivity index (χ4n) is 0.559. The SMILES string of the molecule is C=C(C)NCCOC(C)C.[HH]. The molecule has 0 heterocycles. The molecular formula is C8H19NO. The number of rotatable bonds is 5. The van der Waals surface area contributed by atoms with Gasteiger partial charge in [-0.15, -0.1) is 0 Å². The van der Waals surface area contributed by atoms with Crippen LogP contribution in [0.25, 0.3) is 0 Å². The molecule has 1 N–H and O–H groups in total. The van der Waals surface area contributed by atoms with Gasteiger partial charge in [0, 0.05) is 13.7 Å². The molecule has 0 fully saturated rings. The molecule has 0 aromatic carbocycles. The molecule has 0 aliphatic rings. The van der Waals surface area contributed by atoms with Gasteiger partial charge in [-0.2, -0.15) is 0 Å². The summed E-state index contributed by atoms with van der Waals surface area (Å²) in [7, 11) is 0. The summed E-state index contributed by atoms with van der Waals surface area (Å²) in [6.45, 7) is 11.3. The summed E-state index contributed by atoms with van der Waals surface area (Å²) >= 11 is 0. The highest BCUT2D eigenvalue weighted by Gasteiger charge is 1.90. The van der Waals surface area contributed by atoms with Gasteiger partial charge in [-0.25, -0.2) is 0 Å². The summed E-state index contributed by atoms with van der Waals surface area (Å²) in [4.78, 5) is 0. The molecule has 0 unspecified atom stereocenters. The average molecular weight is 145 g/mol. The zero-order chi connectivity index (χ0) is 7.98. The summed E-state index contributed by atoms with van der Waals surface area (Å²) in [6, 6.07) is 0. The standard InChI is InChI=1S/C8H17NO.H2/c1-7(2)9-5-6-10-8(3)4;/h8-9H,1,5-6H2,2-4H3;1H. The second kappa shape index (κ2) is 5.30. The lowest BCUT2D eigenvalue weighted by molar-refractivity contribution is 0.0820. The van der Waals surface area contributed by atoms with Gasteiger partial charge < -0.3 is 10.1 Å². The van der Waals surface area contributed by atoms with Crippen LogP contribution in [0.15, 0.2) is 12.3 Å². The van der Waals surface area contributed by atoms with E-state index in [0.29, 0.717) is 6.10 Å². The van der Waals surface area contributed by atoms with Crippen molar-refractivity contribution in [2.75, 3.05) is 13.2 Å². The molecule has 62 valence electrons. The summed E-state index contributed by atoms with van der Waals surface area (Å²) < 4.78 is 5.29. The predicted molar refractivity (Wildman–Crippen MR) is 46.0 cm³/mol. The second-order valence-electron chi connectivity index (χ2n) is 2.63. The molecule has 0 saturated carbocycles.